The van der Waals surface area contributed by atoms with E-state index in [2.05, 4.69) is 26.6 Å². The van der Waals surface area contributed by atoms with E-state index in [1.54, 1.807) is 6.07 Å². The number of hydrogen-bond acceptors (Lipinski definition) is 2. The van der Waals surface area contributed by atoms with Crippen molar-refractivity contribution >= 4 is 33.4 Å². The minimum atomic E-state index is -0.105. The first-order chi connectivity index (χ1) is 8.68. The molecule has 0 radical (unpaired) electrons. The molecule has 1 aromatic rings. The molecular formula is C13H16BrClN2O. The van der Waals surface area contributed by atoms with Crippen molar-refractivity contribution in [3.8, 4) is 0 Å². The highest BCUT2D eigenvalue weighted by Crippen LogP contribution is 2.25. The van der Waals surface area contributed by atoms with Crippen LogP contribution in [0.3, 0.4) is 0 Å². The number of piperidine rings is 1. The Labute approximate surface area is 120 Å². The molecule has 0 saturated carbocycles. The Hall–Kier alpha value is -0.580. The Balaban J connectivity index is 1.93. The summed E-state index contributed by atoms with van der Waals surface area (Å²) < 4.78 is 0.746. The van der Waals surface area contributed by atoms with Crippen molar-refractivity contribution < 1.29 is 4.79 Å². The summed E-state index contributed by atoms with van der Waals surface area (Å²) in [5.41, 5.74) is 0.523. The number of rotatable bonds is 3. The summed E-state index contributed by atoms with van der Waals surface area (Å²) in [5.74, 6) is 0.417. The van der Waals surface area contributed by atoms with E-state index in [1.807, 2.05) is 12.1 Å². The molecule has 5 heteroatoms. The SMILES string of the molecule is O=C(NCC1CCCNC1)c1cccc(Br)c1Cl. The van der Waals surface area contributed by atoms with Gasteiger partial charge in [0.15, 0.2) is 0 Å². The van der Waals surface area contributed by atoms with E-state index in [-0.39, 0.29) is 5.91 Å². The van der Waals surface area contributed by atoms with Crippen LogP contribution in [0.4, 0.5) is 0 Å². The van der Waals surface area contributed by atoms with Crippen LogP contribution in [0, 0.1) is 5.92 Å². The number of carbonyl (C=O) groups excluding carboxylic acids is 1. The lowest BCUT2D eigenvalue weighted by Crippen LogP contribution is -2.38. The third kappa shape index (κ3) is 3.46. The van der Waals surface area contributed by atoms with Gasteiger partial charge in [0.25, 0.3) is 5.91 Å². The van der Waals surface area contributed by atoms with E-state index < -0.39 is 0 Å². The van der Waals surface area contributed by atoms with E-state index in [0.29, 0.717) is 23.0 Å². The van der Waals surface area contributed by atoms with E-state index in [9.17, 15) is 4.79 Å². The molecule has 1 unspecified atom stereocenters. The van der Waals surface area contributed by atoms with Gasteiger partial charge >= 0.3 is 0 Å². The second-order valence-corrected chi connectivity index (χ2v) is 5.76. The van der Waals surface area contributed by atoms with Crippen LogP contribution in [0.5, 0.6) is 0 Å². The number of hydrogen-bond donors (Lipinski definition) is 2. The highest BCUT2D eigenvalue weighted by molar-refractivity contribution is 9.10. The van der Waals surface area contributed by atoms with Gasteiger partial charge in [-0.2, -0.15) is 0 Å². The molecule has 2 rings (SSSR count). The first kappa shape index (κ1) is 13.8. The Morgan fingerprint density at radius 2 is 2.39 bits per heavy atom. The summed E-state index contributed by atoms with van der Waals surface area (Å²) in [7, 11) is 0. The largest absolute Gasteiger partial charge is 0.352 e. The number of carbonyl (C=O) groups is 1. The van der Waals surface area contributed by atoms with Crippen molar-refractivity contribution in [1.82, 2.24) is 10.6 Å². The monoisotopic (exact) mass is 330 g/mol. The van der Waals surface area contributed by atoms with E-state index in [4.69, 9.17) is 11.6 Å². The van der Waals surface area contributed by atoms with Gasteiger partial charge in [-0.15, -0.1) is 0 Å². The molecule has 1 atom stereocenters. The molecule has 0 aliphatic carbocycles. The van der Waals surface area contributed by atoms with Crippen molar-refractivity contribution in [1.29, 1.82) is 0 Å². The molecule has 1 aromatic carbocycles. The number of amides is 1. The highest BCUT2D eigenvalue weighted by atomic mass is 79.9. The van der Waals surface area contributed by atoms with Crippen LogP contribution in [-0.2, 0) is 0 Å². The second kappa shape index (κ2) is 6.55. The van der Waals surface area contributed by atoms with Crippen LogP contribution in [0.2, 0.25) is 5.02 Å². The van der Waals surface area contributed by atoms with E-state index >= 15 is 0 Å². The fourth-order valence-electron chi connectivity index (χ4n) is 2.11. The Kier molecular flexibility index (Phi) is 5.03. The lowest BCUT2D eigenvalue weighted by atomic mass is 10.00. The lowest BCUT2D eigenvalue weighted by Gasteiger charge is -2.23. The molecule has 1 saturated heterocycles. The molecule has 1 aliphatic heterocycles. The van der Waals surface area contributed by atoms with Gasteiger partial charge in [-0.1, -0.05) is 17.7 Å². The second-order valence-electron chi connectivity index (χ2n) is 4.52. The Morgan fingerprint density at radius 3 is 3.11 bits per heavy atom. The van der Waals surface area contributed by atoms with Gasteiger partial charge in [0, 0.05) is 11.0 Å². The molecule has 1 amide bonds. The third-order valence-corrected chi connectivity index (χ3v) is 4.44. The summed E-state index contributed by atoms with van der Waals surface area (Å²) in [6.45, 7) is 2.77. The number of benzene rings is 1. The maximum Gasteiger partial charge on any atom is 0.252 e. The normalized spacial score (nSPS) is 19.6. The first-order valence-corrected chi connectivity index (χ1v) is 7.28. The average molecular weight is 332 g/mol. The third-order valence-electron chi connectivity index (χ3n) is 3.15. The number of halogens is 2. The van der Waals surface area contributed by atoms with Crippen molar-refractivity contribution in [2.24, 2.45) is 5.92 Å². The van der Waals surface area contributed by atoms with Gasteiger partial charge in [0.05, 0.1) is 10.6 Å². The standard InChI is InChI=1S/C13H16BrClN2O/c14-11-5-1-4-10(12(11)15)13(18)17-8-9-3-2-6-16-7-9/h1,4-5,9,16H,2-3,6-8H2,(H,17,18). The molecule has 18 heavy (non-hydrogen) atoms. The minimum Gasteiger partial charge on any atom is -0.352 e. The molecular weight excluding hydrogens is 316 g/mol. The molecule has 0 aromatic heterocycles. The average Bonchev–Trinajstić information content (AvgIpc) is 2.40. The molecule has 3 nitrogen and oxygen atoms in total. The minimum absolute atomic E-state index is 0.105. The molecule has 1 fully saturated rings. The van der Waals surface area contributed by atoms with Crippen LogP contribution in [-0.4, -0.2) is 25.5 Å². The zero-order chi connectivity index (χ0) is 13.0. The van der Waals surface area contributed by atoms with Crippen molar-refractivity contribution in [3.05, 3.63) is 33.3 Å². The maximum atomic E-state index is 12.0. The summed E-state index contributed by atoms with van der Waals surface area (Å²) in [6.07, 6.45) is 2.34. The fraction of sp³-hybridized carbons (Fsp3) is 0.462. The molecule has 98 valence electrons. The highest BCUT2D eigenvalue weighted by Gasteiger charge is 2.16. The molecule has 0 bridgehead atoms. The summed E-state index contributed by atoms with van der Waals surface area (Å²) in [4.78, 5) is 12.0. The smallest absolute Gasteiger partial charge is 0.252 e. The van der Waals surface area contributed by atoms with Crippen LogP contribution in [0.15, 0.2) is 22.7 Å². The summed E-state index contributed by atoms with van der Waals surface area (Å²) in [5, 5.41) is 6.76. The molecule has 2 N–H and O–H groups in total. The van der Waals surface area contributed by atoms with Gasteiger partial charge in [0.2, 0.25) is 0 Å². The molecule has 1 aliphatic rings. The zero-order valence-electron chi connectivity index (χ0n) is 10.0. The first-order valence-electron chi connectivity index (χ1n) is 6.11. The van der Waals surface area contributed by atoms with Gasteiger partial charge in [0.1, 0.15) is 0 Å². The van der Waals surface area contributed by atoms with Crippen molar-refractivity contribution in [3.63, 3.8) is 0 Å². The van der Waals surface area contributed by atoms with Gasteiger partial charge < -0.3 is 10.6 Å². The fourth-order valence-corrected chi connectivity index (χ4v) is 2.69. The number of nitrogens with one attached hydrogen (secondary N) is 2. The Bertz CT molecular complexity index is 433. The van der Waals surface area contributed by atoms with Gasteiger partial charge in [-0.05, 0) is 59.9 Å². The van der Waals surface area contributed by atoms with Crippen LogP contribution in [0.25, 0.3) is 0 Å². The van der Waals surface area contributed by atoms with E-state index in [0.717, 1.165) is 17.6 Å². The Morgan fingerprint density at radius 1 is 1.56 bits per heavy atom. The lowest BCUT2D eigenvalue weighted by molar-refractivity contribution is 0.0945. The molecule has 0 spiro atoms. The summed E-state index contributed by atoms with van der Waals surface area (Å²) >= 11 is 9.41. The topological polar surface area (TPSA) is 41.1 Å². The molecule has 1 heterocycles. The predicted molar refractivity (Wildman–Crippen MR) is 77.1 cm³/mol. The van der Waals surface area contributed by atoms with Gasteiger partial charge in [-0.3, -0.25) is 4.79 Å². The van der Waals surface area contributed by atoms with E-state index in [1.165, 1.54) is 12.8 Å². The van der Waals surface area contributed by atoms with Gasteiger partial charge in [-0.25, -0.2) is 0 Å². The van der Waals surface area contributed by atoms with Crippen LogP contribution >= 0.6 is 27.5 Å². The predicted octanol–water partition coefficient (Wildman–Crippen LogP) is 2.83. The van der Waals surface area contributed by atoms with Crippen LogP contribution < -0.4 is 10.6 Å². The van der Waals surface area contributed by atoms with Crippen LogP contribution in [0.1, 0.15) is 23.2 Å². The quantitative estimate of drug-likeness (QED) is 0.894. The maximum absolute atomic E-state index is 12.0. The summed E-state index contributed by atoms with van der Waals surface area (Å²) in [6, 6.07) is 5.37. The van der Waals surface area contributed by atoms with Crippen molar-refractivity contribution in [2.75, 3.05) is 19.6 Å². The zero-order valence-corrected chi connectivity index (χ0v) is 12.4. The van der Waals surface area contributed by atoms with Crippen molar-refractivity contribution in [2.45, 2.75) is 12.8 Å².